The average Bonchev–Trinajstić information content (AvgIpc) is 3.21. The molecule has 0 radical (unpaired) electrons. The zero-order valence-corrected chi connectivity index (χ0v) is 16.0. The Kier molecular flexibility index (Phi) is 5.56. The summed E-state index contributed by atoms with van der Waals surface area (Å²) in [4.78, 5) is 26.2. The first kappa shape index (κ1) is 18.7. The van der Waals surface area contributed by atoms with E-state index in [1.807, 2.05) is 78.9 Å². The lowest BCUT2D eigenvalue weighted by Gasteiger charge is -2.17. The molecule has 4 rings (SSSR count). The number of para-hydroxylation sites is 1. The number of hydrogen-bond donors (Lipinski definition) is 1. The lowest BCUT2D eigenvalue weighted by Crippen LogP contribution is -2.40. The van der Waals surface area contributed by atoms with Crippen LogP contribution in [0.1, 0.15) is 5.56 Å². The smallest absolute Gasteiger partial charge is 0.258 e. The summed E-state index contributed by atoms with van der Waals surface area (Å²) >= 11 is 0. The Bertz CT molecular complexity index is 1000. The predicted octanol–water partition coefficient (Wildman–Crippen LogP) is 3.44. The van der Waals surface area contributed by atoms with E-state index in [0.29, 0.717) is 12.3 Å². The second kappa shape index (κ2) is 8.61. The van der Waals surface area contributed by atoms with Crippen LogP contribution in [-0.2, 0) is 16.0 Å². The second-order valence-electron chi connectivity index (χ2n) is 6.88. The predicted molar refractivity (Wildman–Crippen MR) is 113 cm³/mol. The minimum Gasteiger partial charge on any atom is -0.484 e. The Labute approximate surface area is 169 Å². The number of carbonyl (C=O) groups excluding carboxylic acids is 2. The van der Waals surface area contributed by atoms with Gasteiger partial charge in [-0.1, -0.05) is 60.7 Å². The highest BCUT2D eigenvalue weighted by Gasteiger charge is 2.24. The Balaban J connectivity index is 1.25. The fourth-order valence-corrected chi connectivity index (χ4v) is 3.44. The molecule has 3 aromatic rings. The SMILES string of the molecule is O=C(COc1ccc(-c2ccccc2)cc1)NCC(=O)N1CCc2ccccc21. The van der Waals surface area contributed by atoms with E-state index in [-0.39, 0.29) is 25.0 Å². The van der Waals surface area contributed by atoms with Gasteiger partial charge < -0.3 is 15.0 Å². The Morgan fingerprint density at radius 1 is 0.862 bits per heavy atom. The van der Waals surface area contributed by atoms with Crippen LogP contribution >= 0.6 is 0 Å². The molecule has 29 heavy (non-hydrogen) atoms. The van der Waals surface area contributed by atoms with Crippen LogP contribution in [0.5, 0.6) is 5.75 Å². The van der Waals surface area contributed by atoms with E-state index in [4.69, 9.17) is 4.74 Å². The molecule has 0 fully saturated rings. The van der Waals surface area contributed by atoms with Crippen molar-refractivity contribution in [3.8, 4) is 16.9 Å². The highest BCUT2D eigenvalue weighted by atomic mass is 16.5. The zero-order valence-electron chi connectivity index (χ0n) is 16.0. The van der Waals surface area contributed by atoms with Gasteiger partial charge in [-0.05, 0) is 41.3 Å². The van der Waals surface area contributed by atoms with Crippen molar-refractivity contribution in [1.29, 1.82) is 0 Å². The highest BCUT2D eigenvalue weighted by molar-refractivity contribution is 5.98. The molecule has 1 N–H and O–H groups in total. The summed E-state index contributed by atoms with van der Waals surface area (Å²) in [6, 6.07) is 25.5. The van der Waals surface area contributed by atoms with Gasteiger partial charge in [0.15, 0.2) is 6.61 Å². The van der Waals surface area contributed by atoms with E-state index < -0.39 is 0 Å². The summed E-state index contributed by atoms with van der Waals surface area (Å²) in [5.74, 6) is 0.174. The average molecular weight is 386 g/mol. The number of ether oxygens (including phenoxy) is 1. The largest absolute Gasteiger partial charge is 0.484 e. The Morgan fingerprint density at radius 3 is 2.34 bits per heavy atom. The lowest BCUT2D eigenvalue weighted by molar-refractivity contribution is -0.126. The van der Waals surface area contributed by atoms with Crippen molar-refractivity contribution in [1.82, 2.24) is 5.32 Å². The van der Waals surface area contributed by atoms with Crippen LogP contribution in [0.2, 0.25) is 0 Å². The normalized spacial score (nSPS) is 12.3. The molecule has 146 valence electrons. The fraction of sp³-hybridized carbons (Fsp3) is 0.167. The first-order chi connectivity index (χ1) is 14.2. The van der Waals surface area contributed by atoms with E-state index in [2.05, 4.69) is 5.32 Å². The number of nitrogens with zero attached hydrogens (tertiary/aromatic N) is 1. The Hall–Kier alpha value is -3.60. The number of anilines is 1. The quantitative estimate of drug-likeness (QED) is 0.706. The van der Waals surface area contributed by atoms with Crippen LogP contribution in [0.3, 0.4) is 0 Å². The van der Waals surface area contributed by atoms with Gasteiger partial charge in [-0.2, -0.15) is 0 Å². The van der Waals surface area contributed by atoms with Gasteiger partial charge in [0.05, 0.1) is 6.54 Å². The van der Waals surface area contributed by atoms with Crippen molar-refractivity contribution in [2.75, 3.05) is 24.6 Å². The molecule has 0 unspecified atom stereocenters. The number of carbonyl (C=O) groups is 2. The molecule has 5 nitrogen and oxygen atoms in total. The van der Waals surface area contributed by atoms with E-state index in [1.165, 1.54) is 0 Å². The fourth-order valence-electron chi connectivity index (χ4n) is 3.44. The van der Waals surface area contributed by atoms with E-state index in [9.17, 15) is 9.59 Å². The van der Waals surface area contributed by atoms with Gasteiger partial charge in [0.25, 0.3) is 5.91 Å². The van der Waals surface area contributed by atoms with Crippen molar-refractivity contribution >= 4 is 17.5 Å². The first-order valence-electron chi connectivity index (χ1n) is 9.64. The Morgan fingerprint density at radius 2 is 1.55 bits per heavy atom. The maximum atomic E-state index is 12.4. The molecule has 0 spiro atoms. The monoisotopic (exact) mass is 386 g/mol. The standard InChI is InChI=1S/C24H22N2O3/c27-23(25-16-24(28)26-15-14-20-8-4-5-9-22(20)26)17-29-21-12-10-19(11-13-21)18-6-2-1-3-7-18/h1-13H,14-17H2,(H,25,27). The number of amides is 2. The van der Waals surface area contributed by atoms with E-state index >= 15 is 0 Å². The van der Waals surface area contributed by atoms with Crippen LogP contribution in [-0.4, -0.2) is 31.5 Å². The minimum atomic E-state index is -0.321. The number of hydrogen-bond acceptors (Lipinski definition) is 3. The molecule has 0 saturated heterocycles. The number of benzene rings is 3. The molecule has 0 aromatic heterocycles. The summed E-state index contributed by atoms with van der Waals surface area (Å²) in [6.07, 6.45) is 0.845. The zero-order chi connectivity index (χ0) is 20.1. The summed E-state index contributed by atoms with van der Waals surface area (Å²) in [5.41, 5.74) is 4.30. The molecule has 0 bridgehead atoms. The van der Waals surface area contributed by atoms with Crippen LogP contribution in [0.4, 0.5) is 5.69 Å². The molecule has 2 amide bonds. The number of rotatable bonds is 6. The van der Waals surface area contributed by atoms with Gasteiger partial charge in [-0.3, -0.25) is 9.59 Å². The first-order valence-corrected chi connectivity index (χ1v) is 9.64. The minimum absolute atomic E-state index is 0.0382. The number of nitrogens with one attached hydrogen (secondary N) is 1. The van der Waals surface area contributed by atoms with Crippen LogP contribution < -0.4 is 15.0 Å². The molecule has 0 atom stereocenters. The van der Waals surface area contributed by atoms with Crippen molar-refractivity contribution in [2.45, 2.75) is 6.42 Å². The molecule has 1 heterocycles. The molecular formula is C24H22N2O3. The number of fused-ring (bicyclic) bond motifs is 1. The maximum Gasteiger partial charge on any atom is 0.258 e. The summed E-state index contributed by atoms with van der Waals surface area (Å²) < 4.78 is 5.54. The molecular weight excluding hydrogens is 364 g/mol. The third-order valence-electron chi connectivity index (χ3n) is 4.96. The van der Waals surface area contributed by atoms with Crippen LogP contribution in [0.25, 0.3) is 11.1 Å². The molecule has 1 aliphatic heterocycles. The maximum absolute atomic E-state index is 12.4. The van der Waals surface area contributed by atoms with Gasteiger partial charge in [-0.25, -0.2) is 0 Å². The third kappa shape index (κ3) is 4.46. The topological polar surface area (TPSA) is 58.6 Å². The lowest BCUT2D eigenvalue weighted by atomic mass is 10.1. The third-order valence-corrected chi connectivity index (χ3v) is 4.96. The van der Waals surface area contributed by atoms with E-state index in [1.54, 1.807) is 4.90 Å². The van der Waals surface area contributed by atoms with Crippen molar-refractivity contribution in [2.24, 2.45) is 0 Å². The van der Waals surface area contributed by atoms with Crippen molar-refractivity contribution in [3.63, 3.8) is 0 Å². The van der Waals surface area contributed by atoms with Crippen molar-refractivity contribution < 1.29 is 14.3 Å². The van der Waals surface area contributed by atoms with Gasteiger partial charge in [0.2, 0.25) is 5.91 Å². The highest BCUT2D eigenvalue weighted by Crippen LogP contribution is 2.27. The summed E-state index contributed by atoms with van der Waals surface area (Å²) in [5, 5.41) is 2.64. The van der Waals surface area contributed by atoms with Gasteiger partial charge >= 0.3 is 0 Å². The van der Waals surface area contributed by atoms with Crippen LogP contribution in [0, 0.1) is 0 Å². The molecule has 0 aliphatic carbocycles. The van der Waals surface area contributed by atoms with Crippen LogP contribution in [0.15, 0.2) is 78.9 Å². The van der Waals surface area contributed by atoms with Gasteiger partial charge in [0.1, 0.15) is 5.75 Å². The molecule has 0 saturated carbocycles. The second-order valence-corrected chi connectivity index (χ2v) is 6.88. The van der Waals surface area contributed by atoms with E-state index in [0.717, 1.165) is 28.8 Å². The van der Waals surface area contributed by atoms with Gasteiger partial charge in [0, 0.05) is 12.2 Å². The molecule has 1 aliphatic rings. The van der Waals surface area contributed by atoms with Crippen molar-refractivity contribution in [3.05, 3.63) is 84.4 Å². The van der Waals surface area contributed by atoms with Gasteiger partial charge in [-0.15, -0.1) is 0 Å². The molecule has 3 aromatic carbocycles. The summed E-state index contributed by atoms with van der Waals surface area (Å²) in [7, 11) is 0. The summed E-state index contributed by atoms with van der Waals surface area (Å²) in [6.45, 7) is 0.482. The molecule has 5 heteroatoms.